The van der Waals surface area contributed by atoms with Crippen molar-refractivity contribution in [3.8, 4) is 0 Å². The lowest BCUT2D eigenvalue weighted by Crippen LogP contribution is -2.37. The van der Waals surface area contributed by atoms with Gasteiger partial charge in [-0.3, -0.25) is 23.7 Å². The van der Waals surface area contributed by atoms with Gasteiger partial charge in [-0.25, -0.2) is 9.78 Å². The molecule has 3 heterocycles. The molecule has 1 amide bonds. The molecule has 9 heteroatoms. The Labute approximate surface area is 152 Å². The Morgan fingerprint density at radius 3 is 2.70 bits per heavy atom. The number of pyridine rings is 1. The van der Waals surface area contributed by atoms with Crippen molar-refractivity contribution in [2.75, 3.05) is 5.32 Å². The third kappa shape index (κ3) is 2.69. The zero-order valence-corrected chi connectivity index (χ0v) is 14.7. The molecule has 0 radical (unpaired) electrons. The van der Waals surface area contributed by atoms with Crippen LogP contribution in [0.15, 0.2) is 52.4 Å². The number of amides is 1. The lowest BCUT2D eigenvalue weighted by Gasteiger charge is -2.09. The number of carbonyl (C=O) groups is 1. The molecule has 0 aliphatic heterocycles. The van der Waals surface area contributed by atoms with E-state index in [1.807, 2.05) is 18.2 Å². The Hall–Kier alpha value is -3.75. The van der Waals surface area contributed by atoms with E-state index >= 15 is 0 Å². The SMILES string of the molecule is Cn1c(=O)c2c(ncn2CC(=O)Nc2cccc3ncccc23)n(C)c1=O. The van der Waals surface area contributed by atoms with E-state index in [9.17, 15) is 14.4 Å². The van der Waals surface area contributed by atoms with Gasteiger partial charge in [0, 0.05) is 25.7 Å². The first-order valence-corrected chi connectivity index (χ1v) is 8.22. The Kier molecular flexibility index (Phi) is 3.84. The van der Waals surface area contributed by atoms with Crippen LogP contribution in [0.4, 0.5) is 5.69 Å². The van der Waals surface area contributed by atoms with Crippen molar-refractivity contribution in [3.05, 3.63) is 63.7 Å². The first kappa shape index (κ1) is 16.7. The topological polar surface area (TPSA) is 104 Å². The molecular formula is C18H16N6O3. The maximum absolute atomic E-state index is 12.6. The number of carbonyl (C=O) groups excluding carboxylic acids is 1. The monoisotopic (exact) mass is 364 g/mol. The lowest BCUT2D eigenvalue weighted by atomic mass is 10.2. The molecule has 0 saturated heterocycles. The molecule has 0 saturated carbocycles. The minimum Gasteiger partial charge on any atom is -0.324 e. The van der Waals surface area contributed by atoms with Crippen LogP contribution in [-0.2, 0) is 25.4 Å². The predicted molar refractivity (Wildman–Crippen MR) is 101 cm³/mol. The van der Waals surface area contributed by atoms with Gasteiger partial charge in [-0.15, -0.1) is 0 Å². The molecule has 4 aromatic rings. The van der Waals surface area contributed by atoms with Gasteiger partial charge in [-0.1, -0.05) is 6.07 Å². The highest BCUT2D eigenvalue weighted by Gasteiger charge is 2.16. The van der Waals surface area contributed by atoms with E-state index in [0.29, 0.717) is 5.69 Å². The fourth-order valence-electron chi connectivity index (χ4n) is 3.07. The Bertz CT molecular complexity index is 1310. The van der Waals surface area contributed by atoms with E-state index in [4.69, 9.17) is 0 Å². The van der Waals surface area contributed by atoms with Gasteiger partial charge in [0.25, 0.3) is 5.56 Å². The minimum absolute atomic E-state index is 0.111. The largest absolute Gasteiger partial charge is 0.332 e. The molecule has 27 heavy (non-hydrogen) atoms. The van der Waals surface area contributed by atoms with Crippen LogP contribution in [-0.4, -0.2) is 29.6 Å². The zero-order valence-electron chi connectivity index (χ0n) is 14.7. The average Bonchev–Trinajstić information content (AvgIpc) is 3.08. The van der Waals surface area contributed by atoms with E-state index in [2.05, 4.69) is 15.3 Å². The quantitative estimate of drug-likeness (QED) is 0.574. The number of nitrogens with zero attached hydrogens (tertiary/aromatic N) is 5. The summed E-state index contributed by atoms with van der Waals surface area (Å²) in [7, 11) is 2.93. The predicted octanol–water partition coefficient (Wildman–Crippen LogP) is 0.621. The van der Waals surface area contributed by atoms with Gasteiger partial charge in [0.05, 0.1) is 17.5 Å². The Morgan fingerprint density at radius 1 is 1.07 bits per heavy atom. The summed E-state index contributed by atoms with van der Waals surface area (Å²) in [6.07, 6.45) is 3.07. The van der Waals surface area contributed by atoms with Gasteiger partial charge in [-0.05, 0) is 24.3 Å². The fraction of sp³-hybridized carbons (Fsp3) is 0.167. The van der Waals surface area contributed by atoms with Crippen molar-refractivity contribution in [1.29, 1.82) is 0 Å². The van der Waals surface area contributed by atoms with Gasteiger partial charge < -0.3 is 9.88 Å². The number of imidazole rings is 1. The molecule has 0 atom stereocenters. The molecule has 0 unspecified atom stereocenters. The Morgan fingerprint density at radius 2 is 1.89 bits per heavy atom. The number of aromatic nitrogens is 5. The summed E-state index contributed by atoms with van der Waals surface area (Å²) in [5.74, 6) is -0.318. The minimum atomic E-state index is -0.493. The summed E-state index contributed by atoms with van der Waals surface area (Å²) in [4.78, 5) is 45.4. The third-order valence-electron chi connectivity index (χ3n) is 4.45. The van der Waals surface area contributed by atoms with Crippen LogP contribution in [0.25, 0.3) is 22.1 Å². The third-order valence-corrected chi connectivity index (χ3v) is 4.45. The molecule has 4 rings (SSSR count). The normalized spacial score (nSPS) is 11.2. The van der Waals surface area contributed by atoms with Crippen LogP contribution in [0.2, 0.25) is 0 Å². The second-order valence-electron chi connectivity index (χ2n) is 6.17. The first-order valence-electron chi connectivity index (χ1n) is 8.22. The van der Waals surface area contributed by atoms with E-state index in [0.717, 1.165) is 15.5 Å². The zero-order chi connectivity index (χ0) is 19.1. The van der Waals surface area contributed by atoms with Crippen molar-refractivity contribution in [2.24, 2.45) is 14.1 Å². The van der Waals surface area contributed by atoms with Crippen molar-refractivity contribution in [1.82, 2.24) is 23.7 Å². The number of hydrogen-bond acceptors (Lipinski definition) is 5. The van der Waals surface area contributed by atoms with Crippen molar-refractivity contribution in [2.45, 2.75) is 6.54 Å². The van der Waals surface area contributed by atoms with Crippen molar-refractivity contribution >= 4 is 33.7 Å². The lowest BCUT2D eigenvalue weighted by molar-refractivity contribution is -0.116. The van der Waals surface area contributed by atoms with Crippen molar-refractivity contribution in [3.63, 3.8) is 0 Å². The van der Waals surface area contributed by atoms with Gasteiger partial charge in [0.1, 0.15) is 6.54 Å². The summed E-state index contributed by atoms with van der Waals surface area (Å²) >= 11 is 0. The molecule has 3 aromatic heterocycles. The van der Waals surface area contributed by atoms with E-state index in [1.165, 1.54) is 29.6 Å². The van der Waals surface area contributed by atoms with Gasteiger partial charge in [0.15, 0.2) is 11.2 Å². The highest BCUT2D eigenvalue weighted by atomic mass is 16.2. The Balaban J connectivity index is 1.70. The van der Waals surface area contributed by atoms with Crippen LogP contribution in [0.1, 0.15) is 0 Å². The van der Waals surface area contributed by atoms with Crippen LogP contribution in [0.5, 0.6) is 0 Å². The molecule has 1 aromatic carbocycles. The smallest absolute Gasteiger partial charge is 0.324 e. The standard InChI is InChI=1S/C18H16N6O3/c1-22-16-15(17(26)23(2)18(22)27)24(10-20-16)9-14(25)21-13-7-3-6-12-11(13)5-4-8-19-12/h3-8,10H,9H2,1-2H3,(H,21,25). The molecular weight excluding hydrogens is 348 g/mol. The summed E-state index contributed by atoms with van der Waals surface area (Å²) in [6, 6.07) is 9.12. The maximum atomic E-state index is 12.6. The van der Waals surface area contributed by atoms with Crippen LogP contribution in [0, 0.1) is 0 Å². The van der Waals surface area contributed by atoms with Crippen LogP contribution in [0.3, 0.4) is 0 Å². The summed E-state index contributed by atoms with van der Waals surface area (Å²) in [5, 5.41) is 3.66. The highest BCUT2D eigenvalue weighted by molar-refractivity contribution is 6.01. The van der Waals surface area contributed by atoms with E-state index in [1.54, 1.807) is 18.3 Å². The molecule has 136 valence electrons. The highest BCUT2D eigenvalue weighted by Crippen LogP contribution is 2.21. The molecule has 0 spiro atoms. The molecule has 9 nitrogen and oxygen atoms in total. The molecule has 0 aliphatic carbocycles. The van der Waals surface area contributed by atoms with E-state index < -0.39 is 11.2 Å². The number of nitrogens with one attached hydrogen (secondary N) is 1. The fourth-order valence-corrected chi connectivity index (χ4v) is 3.07. The first-order chi connectivity index (χ1) is 13.0. The van der Waals surface area contributed by atoms with E-state index in [-0.39, 0.29) is 23.6 Å². The second kappa shape index (κ2) is 6.20. The number of benzene rings is 1. The van der Waals surface area contributed by atoms with Crippen LogP contribution >= 0.6 is 0 Å². The number of fused-ring (bicyclic) bond motifs is 2. The number of hydrogen-bond donors (Lipinski definition) is 1. The van der Waals surface area contributed by atoms with Gasteiger partial charge in [-0.2, -0.15) is 0 Å². The average molecular weight is 364 g/mol. The summed E-state index contributed by atoms with van der Waals surface area (Å²) in [6.45, 7) is -0.111. The molecule has 0 aliphatic rings. The number of aryl methyl sites for hydroxylation is 1. The van der Waals surface area contributed by atoms with Crippen molar-refractivity contribution < 1.29 is 4.79 Å². The van der Waals surface area contributed by atoms with Gasteiger partial charge in [0.2, 0.25) is 5.91 Å². The maximum Gasteiger partial charge on any atom is 0.332 e. The summed E-state index contributed by atoms with van der Waals surface area (Å²) < 4.78 is 3.71. The second-order valence-corrected chi connectivity index (χ2v) is 6.17. The molecule has 0 fully saturated rings. The number of anilines is 1. The summed E-state index contributed by atoms with van der Waals surface area (Å²) in [5.41, 5.74) is 0.889. The molecule has 0 bridgehead atoms. The molecule has 1 N–H and O–H groups in total. The number of rotatable bonds is 3. The van der Waals surface area contributed by atoms with Gasteiger partial charge >= 0.3 is 5.69 Å². The van der Waals surface area contributed by atoms with Crippen LogP contribution < -0.4 is 16.6 Å².